The second-order valence-corrected chi connectivity index (χ2v) is 13.8. The highest BCUT2D eigenvalue weighted by Crippen LogP contribution is 2.54. The third-order valence-electron chi connectivity index (χ3n) is 9.62. The summed E-state index contributed by atoms with van der Waals surface area (Å²) in [4.78, 5) is 65.7. The number of likely N-dealkylation sites (tertiary alicyclic amines) is 2. The van der Waals surface area contributed by atoms with Crippen molar-refractivity contribution >= 4 is 35.0 Å². The number of amides is 4. The fourth-order valence-corrected chi connectivity index (χ4v) is 7.48. The maximum Gasteiger partial charge on any atom is 0.265 e. The van der Waals surface area contributed by atoms with E-state index in [1.807, 2.05) is 4.90 Å². The van der Waals surface area contributed by atoms with Gasteiger partial charge in [0.1, 0.15) is 10.6 Å². The SMILES string of the molecule is CNC(=O)C(NC(=O)[C@@H]1CN(C(=O)c2cncs2)CC12CN(C(=O)[C@H]1CC1(C)C)C2)c1ncc(C2CCCCC2)o1. The van der Waals surface area contributed by atoms with Crippen molar-refractivity contribution in [2.75, 3.05) is 33.2 Å². The van der Waals surface area contributed by atoms with Gasteiger partial charge in [-0.15, -0.1) is 11.3 Å². The van der Waals surface area contributed by atoms with Gasteiger partial charge in [0.05, 0.1) is 23.8 Å². The molecule has 2 aromatic heterocycles. The van der Waals surface area contributed by atoms with Crippen LogP contribution >= 0.6 is 11.3 Å². The van der Waals surface area contributed by atoms with Crippen LogP contribution < -0.4 is 10.6 Å². The van der Waals surface area contributed by atoms with Gasteiger partial charge in [0.25, 0.3) is 11.8 Å². The van der Waals surface area contributed by atoms with Crippen LogP contribution in [0.1, 0.15) is 85.7 Å². The predicted octanol–water partition coefficient (Wildman–Crippen LogP) is 2.73. The maximum absolute atomic E-state index is 13.9. The van der Waals surface area contributed by atoms with Crippen LogP contribution in [0.15, 0.2) is 22.3 Å². The topological polar surface area (TPSA) is 138 Å². The van der Waals surface area contributed by atoms with Crippen molar-refractivity contribution < 1.29 is 23.6 Å². The first kappa shape index (κ1) is 27.9. The summed E-state index contributed by atoms with van der Waals surface area (Å²) in [6, 6.07) is -1.10. The first-order chi connectivity index (χ1) is 19.6. The van der Waals surface area contributed by atoms with Gasteiger partial charge in [-0.05, 0) is 24.7 Å². The molecule has 4 fully saturated rings. The van der Waals surface area contributed by atoms with Gasteiger partial charge in [0.15, 0.2) is 6.04 Å². The molecule has 1 spiro atoms. The van der Waals surface area contributed by atoms with Gasteiger partial charge in [-0.1, -0.05) is 33.1 Å². The van der Waals surface area contributed by atoms with Crippen molar-refractivity contribution in [1.82, 2.24) is 30.4 Å². The van der Waals surface area contributed by atoms with E-state index in [0.29, 0.717) is 24.5 Å². The lowest BCUT2D eigenvalue weighted by atomic mass is 9.70. The van der Waals surface area contributed by atoms with E-state index in [1.54, 1.807) is 16.6 Å². The molecule has 2 saturated heterocycles. The molecule has 4 amide bonds. The molecule has 6 rings (SSSR count). The number of hydrogen-bond donors (Lipinski definition) is 2. The number of hydrogen-bond acceptors (Lipinski definition) is 8. The van der Waals surface area contributed by atoms with E-state index in [0.717, 1.165) is 37.9 Å². The first-order valence-corrected chi connectivity index (χ1v) is 15.4. The Kier molecular flexibility index (Phi) is 7.15. The molecule has 0 aromatic carbocycles. The molecule has 220 valence electrons. The summed E-state index contributed by atoms with van der Waals surface area (Å²) in [7, 11) is 1.51. The molecule has 2 aliphatic carbocycles. The molecule has 3 atom stereocenters. The molecule has 1 unspecified atom stereocenters. The number of nitrogens with zero attached hydrogens (tertiary/aromatic N) is 4. The number of carbonyl (C=O) groups excluding carboxylic acids is 4. The zero-order valence-corrected chi connectivity index (χ0v) is 24.7. The zero-order chi connectivity index (χ0) is 28.9. The molecule has 2 N–H and O–H groups in total. The third kappa shape index (κ3) is 5.15. The highest BCUT2D eigenvalue weighted by atomic mass is 32.1. The highest BCUT2D eigenvalue weighted by molar-refractivity contribution is 7.11. The molecule has 12 heteroatoms. The summed E-state index contributed by atoms with van der Waals surface area (Å²) in [5.74, 6) is -0.267. The van der Waals surface area contributed by atoms with Gasteiger partial charge in [0, 0.05) is 50.5 Å². The Morgan fingerprint density at radius 1 is 1.05 bits per heavy atom. The Morgan fingerprint density at radius 3 is 2.39 bits per heavy atom. The van der Waals surface area contributed by atoms with Crippen LogP contribution in [0.2, 0.25) is 0 Å². The van der Waals surface area contributed by atoms with Crippen molar-refractivity contribution in [1.29, 1.82) is 0 Å². The Balaban J connectivity index is 1.21. The monoisotopic (exact) mass is 582 g/mol. The number of rotatable bonds is 7. The number of nitrogens with one attached hydrogen (secondary N) is 2. The minimum atomic E-state index is -1.10. The zero-order valence-electron chi connectivity index (χ0n) is 23.9. The van der Waals surface area contributed by atoms with Crippen LogP contribution in [-0.2, 0) is 14.4 Å². The van der Waals surface area contributed by atoms with Crippen molar-refractivity contribution in [2.45, 2.75) is 64.3 Å². The summed E-state index contributed by atoms with van der Waals surface area (Å²) >= 11 is 1.26. The lowest BCUT2D eigenvalue weighted by molar-refractivity contribution is -0.152. The Labute approximate surface area is 243 Å². The van der Waals surface area contributed by atoms with Crippen molar-refractivity contribution in [3.63, 3.8) is 0 Å². The smallest absolute Gasteiger partial charge is 0.265 e. The molecule has 2 saturated carbocycles. The van der Waals surface area contributed by atoms with Gasteiger partial charge >= 0.3 is 0 Å². The molecule has 2 aliphatic heterocycles. The van der Waals surface area contributed by atoms with E-state index in [9.17, 15) is 19.2 Å². The van der Waals surface area contributed by atoms with Gasteiger partial charge in [-0.3, -0.25) is 24.2 Å². The lowest BCUT2D eigenvalue weighted by Crippen LogP contribution is -2.64. The maximum atomic E-state index is 13.9. The first-order valence-electron chi connectivity index (χ1n) is 14.6. The molecule has 4 heterocycles. The van der Waals surface area contributed by atoms with Gasteiger partial charge < -0.3 is 24.9 Å². The molecular weight excluding hydrogens is 544 g/mol. The molecule has 41 heavy (non-hydrogen) atoms. The number of aromatic nitrogens is 2. The minimum Gasteiger partial charge on any atom is -0.443 e. The van der Waals surface area contributed by atoms with Crippen LogP contribution in [0.25, 0.3) is 0 Å². The molecule has 0 bridgehead atoms. The summed E-state index contributed by atoms with van der Waals surface area (Å²) in [6.45, 7) is 5.53. The predicted molar refractivity (Wildman–Crippen MR) is 150 cm³/mol. The van der Waals surface area contributed by atoms with Crippen LogP contribution in [-0.4, -0.2) is 76.6 Å². The number of likely N-dealkylation sites (N-methyl/N-ethyl adjacent to an activating group) is 1. The average Bonchev–Trinajstić information content (AvgIpc) is 3.49. The number of oxazole rings is 1. The lowest BCUT2D eigenvalue weighted by Gasteiger charge is -2.50. The van der Waals surface area contributed by atoms with E-state index in [2.05, 4.69) is 34.4 Å². The molecule has 11 nitrogen and oxygen atoms in total. The van der Waals surface area contributed by atoms with Crippen LogP contribution in [0.4, 0.5) is 0 Å². The Hall–Kier alpha value is -3.28. The van der Waals surface area contributed by atoms with E-state index in [1.165, 1.54) is 31.0 Å². The summed E-state index contributed by atoms with van der Waals surface area (Å²) < 4.78 is 6.06. The van der Waals surface area contributed by atoms with Crippen molar-refractivity contribution in [3.05, 3.63) is 34.4 Å². The second-order valence-electron chi connectivity index (χ2n) is 12.9. The number of thiazole rings is 1. The highest BCUT2D eigenvalue weighted by Gasteiger charge is 2.62. The van der Waals surface area contributed by atoms with Gasteiger partial charge in [-0.2, -0.15) is 0 Å². The standard InChI is InChI=1S/C29H38N6O5S/c1-28(2)9-18(28)26(38)35-14-29(15-35)13-34(27(39)21-11-31-16-41-21)12-19(29)23(36)33-22(24(37)30-3)25-32-10-20(40-25)17-7-5-4-6-8-17/h10-11,16-19,22H,4-9,12-15H2,1-3H3,(H,30,37)(H,33,36)/t18-,19+,22?/m1/s1. The van der Waals surface area contributed by atoms with Gasteiger partial charge in [-0.25, -0.2) is 4.98 Å². The normalized spacial score (nSPS) is 25.4. The minimum absolute atomic E-state index is 0.00414. The molecular formula is C29H38N6O5S. The van der Waals surface area contributed by atoms with E-state index < -0.39 is 23.3 Å². The second kappa shape index (κ2) is 10.5. The summed E-state index contributed by atoms with van der Waals surface area (Å²) in [6.07, 6.45) is 9.59. The largest absolute Gasteiger partial charge is 0.443 e. The van der Waals surface area contributed by atoms with Gasteiger partial charge in [0.2, 0.25) is 17.7 Å². The quantitative estimate of drug-likeness (QED) is 0.512. The fraction of sp³-hybridized carbons (Fsp3) is 0.655. The van der Waals surface area contributed by atoms with E-state index in [-0.39, 0.29) is 47.4 Å². The van der Waals surface area contributed by atoms with E-state index in [4.69, 9.17) is 4.42 Å². The van der Waals surface area contributed by atoms with Crippen molar-refractivity contribution in [2.24, 2.45) is 22.7 Å². The summed E-state index contributed by atoms with van der Waals surface area (Å²) in [5, 5.41) is 5.51. The third-order valence-corrected chi connectivity index (χ3v) is 10.4. The van der Waals surface area contributed by atoms with Crippen LogP contribution in [0.3, 0.4) is 0 Å². The Morgan fingerprint density at radius 2 is 1.76 bits per heavy atom. The van der Waals surface area contributed by atoms with Crippen LogP contribution in [0.5, 0.6) is 0 Å². The average molecular weight is 583 g/mol. The van der Waals surface area contributed by atoms with E-state index >= 15 is 0 Å². The fourth-order valence-electron chi connectivity index (χ4n) is 6.90. The summed E-state index contributed by atoms with van der Waals surface area (Å²) in [5.41, 5.74) is 1.03. The molecule has 2 aromatic rings. The molecule has 0 radical (unpaired) electrons. The van der Waals surface area contributed by atoms with Crippen molar-refractivity contribution in [3.8, 4) is 0 Å². The Bertz CT molecular complexity index is 1330. The molecule has 4 aliphatic rings. The number of carbonyl (C=O) groups is 4. The van der Waals surface area contributed by atoms with Crippen LogP contribution in [0, 0.1) is 22.7 Å².